The summed E-state index contributed by atoms with van der Waals surface area (Å²) >= 11 is 0. The Morgan fingerprint density at radius 1 is 1.14 bits per heavy atom. The van der Waals surface area contributed by atoms with Crippen LogP contribution >= 0.6 is 0 Å². The molecule has 2 aromatic rings. The van der Waals surface area contributed by atoms with Gasteiger partial charge >= 0.3 is 6.61 Å². The molecule has 150 valence electrons. The van der Waals surface area contributed by atoms with Crippen LogP contribution in [0.1, 0.15) is 49.3 Å². The van der Waals surface area contributed by atoms with E-state index in [1.807, 2.05) is 32.0 Å². The van der Waals surface area contributed by atoms with E-state index >= 15 is 0 Å². The first kappa shape index (κ1) is 19.9. The van der Waals surface area contributed by atoms with Crippen molar-refractivity contribution < 1.29 is 23.0 Å². The Balaban J connectivity index is 2.04. The number of nitrogens with zero attached hydrogens (tertiary/aromatic N) is 1. The molecule has 2 aromatic carbocycles. The average molecular weight is 390 g/mol. The molecule has 0 bridgehead atoms. The molecule has 1 amide bonds. The third kappa shape index (κ3) is 3.88. The van der Waals surface area contributed by atoms with E-state index in [1.54, 1.807) is 30.0 Å². The molecule has 0 saturated heterocycles. The predicted octanol–water partition coefficient (Wildman–Crippen LogP) is 5.05. The van der Waals surface area contributed by atoms with E-state index in [4.69, 9.17) is 4.74 Å². The number of hydrogen-bond acceptors (Lipinski definition) is 4. The van der Waals surface area contributed by atoms with Gasteiger partial charge in [0.15, 0.2) is 11.5 Å². The van der Waals surface area contributed by atoms with E-state index in [9.17, 15) is 13.6 Å². The maximum Gasteiger partial charge on any atom is 0.387 e. The largest absolute Gasteiger partial charge is 0.490 e. The molecule has 0 aromatic heterocycles. The number of halogens is 2. The first-order valence-corrected chi connectivity index (χ1v) is 9.36. The third-order valence-corrected chi connectivity index (χ3v) is 4.83. The van der Waals surface area contributed by atoms with Crippen molar-refractivity contribution in [2.45, 2.75) is 46.0 Å². The third-order valence-electron chi connectivity index (χ3n) is 4.83. The molecule has 2 atom stereocenters. The summed E-state index contributed by atoms with van der Waals surface area (Å²) in [6.45, 7) is 3.13. The average Bonchev–Trinajstić information content (AvgIpc) is 2.68. The van der Waals surface area contributed by atoms with Gasteiger partial charge in [0.05, 0.1) is 12.2 Å². The lowest BCUT2D eigenvalue weighted by Crippen LogP contribution is -2.47. The first-order valence-electron chi connectivity index (χ1n) is 9.36. The minimum Gasteiger partial charge on any atom is -0.490 e. The molecule has 7 heteroatoms. The van der Waals surface area contributed by atoms with Crippen LogP contribution in [0, 0.1) is 0 Å². The fourth-order valence-electron chi connectivity index (χ4n) is 3.32. The van der Waals surface area contributed by atoms with Gasteiger partial charge in [-0.15, -0.1) is 0 Å². The zero-order valence-corrected chi connectivity index (χ0v) is 16.1. The summed E-state index contributed by atoms with van der Waals surface area (Å²) in [4.78, 5) is 14.9. The summed E-state index contributed by atoms with van der Waals surface area (Å²) in [5.74, 6) is 0.121. The monoisotopic (exact) mass is 390 g/mol. The highest BCUT2D eigenvalue weighted by Crippen LogP contribution is 2.38. The number of ether oxygens (including phenoxy) is 2. The predicted molar refractivity (Wildman–Crippen MR) is 103 cm³/mol. The Hall–Kier alpha value is -2.83. The van der Waals surface area contributed by atoms with Gasteiger partial charge in [-0.1, -0.05) is 25.1 Å². The Labute approximate surface area is 163 Å². The van der Waals surface area contributed by atoms with Gasteiger partial charge in [-0.2, -0.15) is 8.78 Å². The van der Waals surface area contributed by atoms with Gasteiger partial charge in [0.2, 0.25) is 0 Å². The maximum absolute atomic E-state index is 13.2. The zero-order valence-electron chi connectivity index (χ0n) is 16.1. The molecule has 3 rings (SSSR count). The summed E-state index contributed by atoms with van der Waals surface area (Å²) in [6.07, 6.45) is 0.328. The number of amides is 1. The lowest BCUT2D eigenvalue weighted by molar-refractivity contribution is -0.0514. The van der Waals surface area contributed by atoms with Crippen molar-refractivity contribution in [1.29, 1.82) is 0 Å². The summed E-state index contributed by atoms with van der Waals surface area (Å²) < 4.78 is 35.4. The van der Waals surface area contributed by atoms with E-state index < -0.39 is 12.8 Å². The number of rotatable bonds is 7. The van der Waals surface area contributed by atoms with Gasteiger partial charge in [-0.05, 0) is 50.1 Å². The second-order valence-corrected chi connectivity index (χ2v) is 6.58. The summed E-state index contributed by atoms with van der Waals surface area (Å²) in [7, 11) is 0. The fraction of sp³-hybridized carbons (Fsp3) is 0.381. The topological polar surface area (TPSA) is 50.8 Å². The van der Waals surface area contributed by atoms with Crippen molar-refractivity contribution >= 4 is 11.6 Å². The Morgan fingerprint density at radius 3 is 2.57 bits per heavy atom. The number of fused-ring (bicyclic) bond motifs is 1. The minimum atomic E-state index is -2.94. The standard InChI is InChI=1S/C21H24F2N2O3/c1-4-13(3)25-19(24-16-9-7-6-8-15(16)20(25)26)14-10-11-17(28-21(22)23)18(12-14)27-5-2/h6-13,19,21,24H,4-5H2,1-3H3/t13-,19-/m0/s1. The highest BCUT2D eigenvalue weighted by atomic mass is 19.3. The van der Waals surface area contributed by atoms with Gasteiger partial charge in [0, 0.05) is 11.7 Å². The van der Waals surface area contributed by atoms with E-state index in [0.717, 1.165) is 17.7 Å². The van der Waals surface area contributed by atoms with Crippen molar-refractivity contribution in [3.8, 4) is 11.5 Å². The van der Waals surface area contributed by atoms with E-state index in [2.05, 4.69) is 10.1 Å². The number of hydrogen-bond donors (Lipinski definition) is 1. The Morgan fingerprint density at radius 2 is 1.89 bits per heavy atom. The molecule has 1 aliphatic rings. The zero-order chi connectivity index (χ0) is 20.3. The summed E-state index contributed by atoms with van der Waals surface area (Å²) in [5.41, 5.74) is 2.08. The van der Waals surface area contributed by atoms with Crippen LogP contribution in [0.3, 0.4) is 0 Å². The van der Waals surface area contributed by atoms with Crippen LogP contribution in [0.4, 0.5) is 14.5 Å². The molecule has 5 nitrogen and oxygen atoms in total. The molecule has 0 fully saturated rings. The molecule has 1 aliphatic heterocycles. The second-order valence-electron chi connectivity index (χ2n) is 6.58. The Kier molecular flexibility index (Phi) is 6.02. The Bertz CT molecular complexity index is 844. The number of anilines is 1. The van der Waals surface area contributed by atoms with Crippen LogP contribution in [0.15, 0.2) is 42.5 Å². The molecule has 0 saturated carbocycles. The number of carbonyl (C=O) groups is 1. The fourth-order valence-corrected chi connectivity index (χ4v) is 3.32. The van der Waals surface area contributed by atoms with Crippen molar-refractivity contribution in [2.75, 3.05) is 11.9 Å². The molecule has 0 radical (unpaired) electrons. The summed E-state index contributed by atoms with van der Waals surface area (Å²) in [5, 5.41) is 3.40. The van der Waals surface area contributed by atoms with Gasteiger partial charge in [-0.25, -0.2) is 0 Å². The van der Waals surface area contributed by atoms with Crippen molar-refractivity contribution in [3.63, 3.8) is 0 Å². The lowest BCUT2D eigenvalue weighted by atomic mass is 10.0. The molecule has 0 unspecified atom stereocenters. The van der Waals surface area contributed by atoms with Crippen LogP contribution < -0.4 is 14.8 Å². The highest BCUT2D eigenvalue weighted by molar-refractivity contribution is 6.01. The minimum absolute atomic E-state index is 0.0223. The molecule has 0 spiro atoms. The molecule has 1 N–H and O–H groups in total. The molecular weight excluding hydrogens is 366 g/mol. The van der Waals surface area contributed by atoms with Crippen LogP contribution in [0.2, 0.25) is 0 Å². The van der Waals surface area contributed by atoms with E-state index in [-0.39, 0.29) is 23.4 Å². The quantitative estimate of drug-likeness (QED) is 0.719. The summed E-state index contributed by atoms with van der Waals surface area (Å²) in [6, 6.07) is 12.1. The van der Waals surface area contributed by atoms with Crippen LogP contribution in [0.5, 0.6) is 11.5 Å². The van der Waals surface area contributed by atoms with E-state index in [1.165, 1.54) is 6.07 Å². The normalized spacial score (nSPS) is 17.1. The number of benzene rings is 2. The first-order chi connectivity index (χ1) is 13.5. The lowest BCUT2D eigenvalue weighted by Gasteiger charge is -2.41. The van der Waals surface area contributed by atoms with E-state index in [0.29, 0.717) is 12.2 Å². The number of alkyl halides is 2. The van der Waals surface area contributed by atoms with Gasteiger partial charge in [0.25, 0.3) is 5.91 Å². The molecule has 0 aliphatic carbocycles. The van der Waals surface area contributed by atoms with Gasteiger partial charge < -0.3 is 19.7 Å². The van der Waals surface area contributed by atoms with Gasteiger partial charge in [-0.3, -0.25) is 4.79 Å². The van der Waals surface area contributed by atoms with Crippen LogP contribution in [0.25, 0.3) is 0 Å². The molecular formula is C21H24F2N2O3. The SMILES string of the molecule is CCOc1cc([C@H]2Nc3ccccc3C(=O)N2[C@@H](C)CC)ccc1OC(F)F. The number of nitrogens with one attached hydrogen (secondary N) is 1. The highest BCUT2D eigenvalue weighted by Gasteiger charge is 2.35. The molecule has 1 heterocycles. The van der Waals surface area contributed by atoms with Gasteiger partial charge in [0.1, 0.15) is 6.17 Å². The number of carbonyl (C=O) groups excluding carboxylic acids is 1. The van der Waals surface area contributed by atoms with Crippen molar-refractivity contribution in [2.24, 2.45) is 0 Å². The second kappa shape index (κ2) is 8.46. The number of para-hydroxylation sites is 1. The van der Waals surface area contributed by atoms with Crippen molar-refractivity contribution in [1.82, 2.24) is 4.90 Å². The molecule has 28 heavy (non-hydrogen) atoms. The smallest absolute Gasteiger partial charge is 0.387 e. The van der Waals surface area contributed by atoms with Crippen molar-refractivity contribution in [3.05, 3.63) is 53.6 Å². The van der Waals surface area contributed by atoms with Crippen LogP contribution in [-0.2, 0) is 0 Å². The maximum atomic E-state index is 13.2. The van der Waals surface area contributed by atoms with Crippen LogP contribution in [-0.4, -0.2) is 30.1 Å².